The highest BCUT2D eigenvalue weighted by Gasteiger charge is 2.20. The molecule has 2 rings (SSSR count). The van der Waals surface area contributed by atoms with Crippen molar-refractivity contribution >= 4 is 28.2 Å². The van der Waals surface area contributed by atoms with Gasteiger partial charge in [0, 0.05) is 5.56 Å². The molecule has 2 aromatic rings. The summed E-state index contributed by atoms with van der Waals surface area (Å²) in [6.07, 6.45) is 0. The van der Waals surface area contributed by atoms with Crippen LogP contribution in [-0.4, -0.2) is 39.8 Å². The zero-order chi connectivity index (χ0) is 18.4. The zero-order valence-electron chi connectivity index (χ0n) is 14.4. The van der Waals surface area contributed by atoms with Gasteiger partial charge in [0.1, 0.15) is 5.00 Å². The van der Waals surface area contributed by atoms with Crippen LogP contribution >= 0.6 is 11.3 Å². The van der Waals surface area contributed by atoms with Crippen LogP contribution in [-0.2, 0) is 4.74 Å². The van der Waals surface area contributed by atoms with Crippen molar-refractivity contribution < 1.29 is 28.5 Å². The monoisotopic (exact) mass is 365 g/mol. The summed E-state index contributed by atoms with van der Waals surface area (Å²) < 4.78 is 20.7. The number of rotatable bonds is 7. The third-order valence-corrected chi connectivity index (χ3v) is 4.14. The van der Waals surface area contributed by atoms with Crippen LogP contribution in [0.3, 0.4) is 0 Å². The quantitative estimate of drug-likeness (QED) is 0.759. The average Bonchev–Trinajstić information content (AvgIpc) is 3.08. The summed E-state index contributed by atoms with van der Waals surface area (Å²) in [5.41, 5.74) is 0.616. The van der Waals surface area contributed by atoms with Crippen LogP contribution in [0.1, 0.15) is 27.6 Å². The Morgan fingerprint density at radius 3 is 2.24 bits per heavy atom. The van der Waals surface area contributed by atoms with E-state index >= 15 is 0 Å². The van der Waals surface area contributed by atoms with Gasteiger partial charge in [0.25, 0.3) is 5.91 Å². The van der Waals surface area contributed by atoms with Crippen LogP contribution < -0.4 is 19.5 Å². The molecule has 0 aliphatic rings. The Morgan fingerprint density at radius 2 is 1.72 bits per heavy atom. The van der Waals surface area contributed by atoms with Crippen LogP contribution in [0.25, 0.3) is 0 Å². The highest BCUT2D eigenvalue weighted by Crippen LogP contribution is 2.38. The lowest BCUT2D eigenvalue weighted by atomic mass is 10.1. The minimum absolute atomic E-state index is 0.259. The van der Waals surface area contributed by atoms with Gasteiger partial charge in [-0.25, -0.2) is 4.79 Å². The van der Waals surface area contributed by atoms with Crippen molar-refractivity contribution in [3.63, 3.8) is 0 Å². The number of hydrogen-bond acceptors (Lipinski definition) is 7. The number of thiophene rings is 1. The molecule has 0 spiro atoms. The summed E-state index contributed by atoms with van der Waals surface area (Å²) in [6, 6.07) is 4.68. The second-order valence-corrected chi connectivity index (χ2v) is 5.67. The standard InChI is InChI=1S/C17H19NO6S/c1-5-24-17(20)11-6-7-25-16(11)18-15(19)10-8-12(21-2)14(23-4)13(9-10)22-3/h6-9H,5H2,1-4H3,(H,18,19). The number of esters is 1. The Labute approximate surface area is 149 Å². The van der Waals surface area contributed by atoms with Gasteiger partial charge in [0.15, 0.2) is 11.5 Å². The van der Waals surface area contributed by atoms with Gasteiger partial charge in [-0.1, -0.05) is 0 Å². The molecule has 0 fully saturated rings. The molecule has 0 bridgehead atoms. The van der Waals surface area contributed by atoms with Crippen molar-refractivity contribution in [2.45, 2.75) is 6.92 Å². The van der Waals surface area contributed by atoms with E-state index in [0.717, 1.165) is 0 Å². The van der Waals surface area contributed by atoms with E-state index in [9.17, 15) is 9.59 Å². The van der Waals surface area contributed by atoms with Crippen molar-refractivity contribution in [2.24, 2.45) is 0 Å². The predicted octanol–water partition coefficient (Wildman–Crippen LogP) is 3.20. The molecule has 0 aliphatic carbocycles. The first-order valence-corrected chi connectivity index (χ1v) is 8.29. The number of carbonyl (C=O) groups is 2. The maximum atomic E-state index is 12.6. The van der Waals surface area contributed by atoms with Crippen LogP contribution in [0.2, 0.25) is 0 Å². The Morgan fingerprint density at radius 1 is 1.08 bits per heavy atom. The summed E-state index contributed by atoms with van der Waals surface area (Å²) in [5, 5.41) is 4.83. The smallest absolute Gasteiger partial charge is 0.341 e. The first-order valence-electron chi connectivity index (χ1n) is 7.41. The van der Waals surface area contributed by atoms with Crippen molar-refractivity contribution in [1.82, 2.24) is 0 Å². The number of benzene rings is 1. The molecule has 25 heavy (non-hydrogen) atoms. The maximum Gasteiger partial charge on any atom is 0.341 e. The lowest BCUT2D eigenvalue weighted by molar-refractivity contribution is 0.0528. The summed E-state index contributed by atoms with van der Waals surface area (Å²) in [6.45, 7) is 1.98. The Balaban J connectivity index is 2.30. The number of carbonyl (C=O) groups excluding carboxylic acids is 2. The van der Waals surface area contributed by atoms with Gasteiger partial charge in [0.2, 0.25) is 5.75 Å². The van der Waals surface area contributed by atoms with E-state index in [4.69, 9.17) is 18.9 Å². The number of hydrogen-bond donors (Lipinski definition) is 1. The van der Waals surface area contributed by atoms with Gasteiger partial charge < -0.3 is 24.3 Å². The molecule has 8 heteroatoms. The zero-order valence-corrected chi connectivity index (χ0v) is 15.2. The van der Waals surface area contributed by atoms with E-state index in [-0.39, 0.29) is 6.61 Å². The van der Waals surface area contributed by atoms with Crippen LogP contribution in [0.5, 0.6) is 17.2 Å². The molecular formula is C17H19NO6S. The summed E-state index contributed by atoms with van der Waals surface area (Å²) in [7, 11) is 4.42. The third kappa shape index (κ3) is 4.03. The second kappa shape index (κ2) is 8.39. The average molecular weight is 365 g/mol. The van der Waals surface area contributed by atoms with E-state index < -0.39 is 11.9 Å². The largest absolute Gasteiger partial charge is 0.493 e. The molecule has 1 amide bonds. The molecule has 1 N–H and O–H groups in total. The fourth-order valence-corrected chi connectivity index (χ4v) is 2.93. The molecule has 0 unspecified atom stereocenters. The highest BCUT2D eigenvalue weighted by molar-refractivity contribution is 7.14. The molecule has 134 valence electrons. The van der Waals surface area contributed by atoms with Crippen molar-refractivity contribution in [3.8, 4) is 17.2 Å². The van der Waals surface area contributed by atoms with Crippen molar-refractivity contribution in [2.75, 3.05) is 33.3 Å². The molecule has 0 atom stereocenters. The van der Waals surface area contributed by atoms with E-state index in [2.05, 4.69) is 5.32 Å². The van der Waals surface area contributed by atoms with E-state index in [1.54, 1.807) is 18.4 Å². The van der Waals surface area contributed by atoms with Crippen molar-refractivity contribution in [1.29, 1.82) is 0 Å². The first kappa shape index (κ1) is 18.6. The SMILES string of the molecule is CCOC(=O)c1ccsc1NC(=O)c1cc(OC)c(OC)c(OC)c1. The Hall–Kier alpha value is -2.74. The fraction of sp³-hybridized carbons (Fsp3) is 0.294. The lowest BCUT2D eigenvalue weighted by Gasteiger charge is -2.14. The number of nitrogens with one attached hydrogen (secondary N) is 1. The molecule has 1 heterocycles. The number of methoxy groups -OCH3 is 3. The summed E-state index contributed by atoms with van der Waals surface area (Å²) in [4.78, 5) is 24.5. The molecule has 7 nitrogen and oxygen atoms in total. The predicted molar refractivity (Wildman–Crippen MR) is 94.3 cm³/mol. The van der Waals surface area contributed by atoms with Crippen LogP contribution in [0, 0.1) is 0 Å². The number of amides is 1. The molecule has 0 aliphatic heterocycles. The topological polar surface area (TPSA) is 83.1 Å². The first-order chi connectivity index (χ1) is 12.0. The molecule has 1 aromatic carbocycles. The lowest BCUT2D eigenvalue weighted by Crippen LogP contribution is -2.14. The van der Waals surface area contributed by atoms with E-state index in [0.29, 0.717) is 33.4 Å². The van der Waals surface area contributed by atoms with E-state index in [1.807, 2.05) is 0 Å². The Bertz CT molecular complexity index is 745. The van der Waals surface area contributed by atoms with Gasteiger partial charge in [0.05, 0.1) is 33.5 Å². The second-order valence-electron chi connectivity index (χ2n) is 4.75. The maximum absolute atomic E-state index is 12.6. The third-order valence-electron chi connectivity index (χ3n) is 3.31. The highest BCUT2D eigenvalue weighted by atomic mass is 32.1. The Kier molecular flexibility index (Phi) is 6.24. The summed E-state index contributed by atoms with van der Waals surface area (Å²) in [5.74, 6) is 0.230. The van der Waals surface area contributed by atoms with Gasteiger partial charge in [-0.2, -0.15) is 0 Å². The van der Waals surface area contributed by atoms with Gasteiger partial charge >= 0.3 is 5.97 Å². The number of ether oxygens (including phenoxy) is 4. The normalized spacial score (nSPS) is 10.1. The molecule has 0 saturated heterocycles. The minimum atomic E-state index is -0.482. The van der Waals surface area contributed by atoms with Crippen molar-refractivity contribution in [3.05, 3.63) is 34.7 Å². The number of anilines is 1. The van der Waals surface area contributed by atoms with E-state index in [1.165, 1.54) is 44.8 Å². The molecular weight excluding hydrogens is 346 g/mol. The fourth-order valence-electron chi connectivity index (χ4n) is 2.16. The summed E-state index contributed by atoms with van der Waals surface area (Å²) >= 11 is 1.23. The molecule has 0 radical (unpaired) electrons. The van der Waals surface area contributed by atoms with Crippen LogP contribution in [0.15, 0.2) is 23.6 Å². The van der Waals surface area contributed by atoms with Crippen LogP contribution in [0.4, 0.5) is 5.00 Å². The molecule has 1 aromatic heterocycles. The molecule has 0 saturated carbocycles. The van der Waals surface area contributed by atoms with Gasteiger partial charge in [-0.3, -0.25) is 4.79 Å². The minimum Gasteiger partial charge on any atom is -0.493 e. The van der Waals surface area contributed by atoms with Gasteiger partial charge in [-0.05, 0) is 30.5 Å². The van der Waals surface area contributed by atoms with Gasteiger partial charge in [-0.15, -0.1) is 11.3 Å².